The van der Waals surface area contributed by atoms with Crippen molar-refractivity contribution >= 4 is 11.8 Å². The van der Waals surface area contributed by atoms with Gasteiger partial charge in [-0.2, -0.15) is 15.2 Å². The molecule has 29 heavy (non-hydrogen) atoms. The van der Waals surface area contributed by atoms with Crippen LogP contribution in [0, 0.1) is 27.6 Å². The van der Waals surface area contributed by atoms with Gasteiger partial charge in [-0.05, 0) is 36.7 Å². The molecule has 0 bridgehead atoms. The van der Waals surface area contributed by atoms with Crippen molar-refractivity contribution in [2.45, 2.75) is 45.6 Å². The topological polar surface area (TPSA) is 129 Å². The Balaban J connectivity index is 1.63. The van der Waals surface area contributed by atoms with E-state index in [9.17, 15) is 10.2 Å². The average molecular weight is 394 g/mol. The molecule has 2 N–H and O–H groups in total. The fourth-order valence-electron chi connectivity index (χ4n) is 3.87. The van der Waals surface area contributed by atoms with Crippen LogP contribution in [0.1, 0.15) is 44.4 Å². The second kappa shape index (κ2) is 9.37. The third-order valence-electron chi connectivity index (χ3n) is 5.59. The monoisotopic (exact) mass is 394 g/mol. The Morgan fingerprint density at radius 3 is 2.90 bits per heavy atom. The molecule has 0 unspecified atom stereocenters. The van der Waals surface area contributed by atoms with Crippen LogP contribution in [-0.4, -0.2) is 39.1 Å². The van der Waals surface area contributed by atoms with Gasteiger partial charge >= 0.3 is 0 Å². The first-order valence-corrected chi connectivity index (χ1v) is 9.83. The summed E-state index contributed by atoms with van der Waals surface area (Å²) in [6, 6.07) is 4.21. The van der Waals surface area contributed by atoms with Gasteiger partial charge in [-0.25, -0.2) is 15.0 Å². The molecule has 0 aromatic carbocycles. The van der Waals surface area contributed by atoms with Gasteiger partial charge in [-0.3, -0.25) is 0 Å². The van der Waals surface area contributed by atoms with Gasteiger partial charge in [0.1, 0.15) is 23.8 Å². The largest absolute Gasteiger partial charge is 0.366 e. The normalized spacial score (nSPS) is 20.4. The van der Waals surface area contributed by atoms with Crippen molar-refractivity contribution in [3.63, 3.8) is 0 Å². The minimum atomic E-state index is 0.00227. The first-order chi connectivity index (χ1) is 14.0. The summed E-state index contributed by atoms with van der Waals surface area (Å²) in [5.74, 6) is 1.30. The number of hydrogen-bond acceptors (Lipinski definition) is 9. The number of nitrogens with zero attached hydrogens (tertiary/aromatic N) is 6. The van der Waals surface area contributed by atoms with Crippen LogP contribution in [0.25, 0.3) is 0 Å². The summed E-state index contributed by atoms with van der Waals surface area (Å²) in [7, 11) is 0. The van der Waals surface area contributed by atoms with E-state index in [2.05, 4.69) is 55.7 Å². The Hall–Kier alpha value is -3.15. The van der Waals surface area contributed by atoms with E-state index in [0.29, 0.717) is 30.4 Å². The van der Waals surface area contributed by atoms with Crippen LogP contribution in [0.5, 0.6) is 0 Å². The van der Waals surface area contributed by atoms with Gasteiger partial charge in [-0.1, -0.05) is 19.0 Å². The van der Waals surface area contributed by atoms with Gasteiger partial charge in [0.15, 0.2) is 0 Å². The van der Waals surface area contributed by atoms with E-state index in [0.717, 1.165) is 31.4 Å². The van der Waals surface area contributed by atoms with Gasteiger partial charge in [-0.15, -0.1) is 0 Å². The quantitative estimate of drug-likeness (QED) is 0.653. The number of hydrogen-bond donors (Lipinski definition) is 2. The van der Waals surface area contributed by atoms with Crippen molar-refractivity contribution in [1.82, 2.24) is 19.9 Å². The highest BCUT2D eigenvalue weighted by Crippen LogP contribution is 2.41. The van der Waals surface area contributed by atoms with E-state index in [-0.39, 0.29) is 17.4 Å². The summed E-state index contributed by atoms with van der Waals surface area (Å²) < 4.78 is 0. The Labute approximate surface area is 170 Å². The van der Waals surface area contributed by atoms with Gasteiger partial charge in [0.2, 0.25) is 5.95 Å². The lowest BCUT2D eigenvalue weighted by Gasteiger charge is -2.41. The first-order valence-electron chi connectivity index (χ1n) is 9.83. The summed E-state index contributed by atoms with van der Waals surface area (Å²) in [6.07, 6.45) is 8.22. The summed E-state index contributed by atoms with van der Waals surface area (Å²) in [5.41, 5.74) is 1.35. The van der Waals surface area contributed by atoms with E-state index in [4.69, 9.17) is 0 Å². The molecule has 0 spiro atoms. The second-order valence-corrected chi connectivity index (χ2v) is 8.07. The SMILES string of the molecule is CC1(C)C[C@H](Nc2nc(NCCc3ccncn3)ncc2C#N)CC[C@@H]1CN=O. The molecule has 3 rings (SSSR count). The summed E-state index contributed by atoms with van der Waals surface area (Å²) in [6.45, 7) is 5.32. The zero-order valence-electron chi connectivity index (χ0n) is 16.8. The maximum absolute atomic E-state index is 10.7. The molecule has 1 aliphatic rings. The minimum absolute atomic E-state index is 0.00227. The molecule has 2 aromatic rings. The van der Waals surface area contributed by atoms with Crippen molar-refractivity contribution in [3.8, 4) is 6.07 Å². The Morgan fingerprint density at radius 2 is 2.21 bits per heavy atom. The summed E-state index contributed by atoms with van der Waals surface area (Å²) in [5, 5.41) is 19.1. The third kappa shape index (κ3) is 5.44. The average Bonchev–Trinajstić information content (AvgIpc) is 2.71. The Bertz CT molecular complexity index is 865. The van der Waals surface area contributed by atoms with Crippen molar-refractivity contribution in [2.24, 2.45) is 16.5 Å². The zero-order valence-corrected chi connectivity index (χ0v) is 16.8. The van der Waals surface area contributed by atoms with Crippen molar-refractivity contribution < 1.29 is 0 Å². The number of nitroso groups, excluding NO2 is 1. The molecule has 0 radical (unpaired) electrons. The fourth-order valence-corrected chi connectivity index (χ4v) is 3.87. The van der Waals surface area contributed by atoms with Crippen LogP contribution >= 0.6 is 0 Å². The third-order valence-corrected chi connectivity index (χ3v) is 5.59. The minimum Gasteiger partial charge on any atom is -0.366 e. The maximum atomic E-state index is 10.7. The van der Waals surface area contributed by atoms with Crippen LogP contribution in [0.3, 0.4) is 0 Å². The number of rotatable bonds is 8. The van der Waals surface area contributed by atoms with Gasteiger partial charge in [0, 0.05) is 30.9 Å². The molecule has 1 saturated carbocycles. The smallest absolute Gasteiger partial charge is 0.224 e. The lowest BCUT2D eigenvalue weighted by atomic mass is 9.67. The summed E-state index contributed by atoms with van der Waals surface area (Å²) >= 11 is 0. The van der Waals surface area contributed by atoms with E-state index < -0.39 is 0 Å². The molecule has 9 heteroatoms. The molecule has 9 nitrogen and oxygen atoms in total. The van der Waals surface area contributed by atoms with Gasteiger partial charge in [0.25, 0.3) is 0 Å². The van der Waals surface area contributed by atoms with Crippen molar-refractivity contribution in [3.05, 3.63) is 41.0 Å². The number of anilines is 2. The van der Waals surface area contributed by atoms with E-state index in [1.54, 1.807) is 6.20 Å². The molecule has 0 amide bonds. The van der Waals surface area contributed by atoms with Crippen LogP contribution in [0.4, 0.5) is 11.8 Å². The standard InChI is InChI=1S/C20H26N8O/c1-20(2)9-17(4-3-15(20)12-26-29)27-18-14(10-21)11-24-19(28-18)23-8-6-16-5-7-22-13-25-16/h5,7,11,13,15,17H,3-4,6,8-9,12H2,1-2H3,(H2,23,24,27,28)/t15-,17-/m1/s1. The highest BCUT2D eigenvalue weighted by atomic mass is 16.3. The molecular weight excluding hydrogens is 368 g/mol. The van der Waals surface area contributed by atoms with Crippen molar-refractivity contribution in [2.75, 3.05) is 23.7 Å². The van der Waals surface area contributed by atoms with Gasteiger partial charge < -0.3 is 10.6 Å². The first kappa shape index (κ1) is 20.6. The lowest BCUT2D eigenvalue weighted by Crippen LogP contribution is -2.39. The molecule has 1 aliphatic carbocycles. The van der Waals surface area contributed by atoms with Gasteiger partial charge in [0.05, 0.1) is 12.7 Å². The van der Waals surface area contributed by atoms with Crippen LogP contribution in [0.15, 0.2) is 30.0 Å². The number of aromatic nitrogens is 4. The van der Waals surface area contributed by atoms with Crippen LogP contribution < -0.4 is 10.6 Å². The Morgan fingerprint density at radius 1 is 1.34 bits per heavy atom. The zero-order chi connectivity index (χ0) is 20.7. The van der Waals surface area contributed by atoms with E-state index >= 15 is 0 Å². The van der Waals surface area contributed by atoms with Crippen LogP contribution in [-0.2, 0) is 6.42 Å². The predicted molar refractivity (Wildman–Crippen MR) is 110 cm³/mol. The van der Waals surface area contributed by atoms with Crippen LogP contribution in [0.2, 0.25) is 0 Å². The molecule has 2 aromatic heterocycles. The number of nitriles is 1. The highest BCUT2D eigenvalue weighted by Gasteiger charge is 2.37. The highest BCUT2D eigenvalue weighted by molar-refractivity contribution is 5.54. The molecule has 1 fully saturated rings. The lowest BCUT2D eigenvalue weighted by molar-refractivity contribution is 0.135. The van der Waals surface area contributed by atoms with Crippen molar-refractivity contribution in [1.29, 1.82) is 5.26 Å². The Kier molecular flexibility index (Phi) is 6.65. The molecule has 0 saturated heterocycles. The molecular formula is C20H26N8O. The molecule has 0 aliphatic heterocycles. The van der Waals surface area contributed by atoms with E-state index in [1.807, 2.05) is 6.07 Å². The van der Waals surface area contributed by atoms with E-state index in [1.165, 1.54) is 12.5 Å². The maximum Gasteiger partial charge on any atom is 0.224 e. The number of nitrogens with one attached hydrogen (secondary N) is 2. The summed E-state index contributed by atoms with van der Waals surface area (Å²) in [4.78, 5) is 27.5. The second-order valence-electron chi connectivity index (χ2n) is 8.07. The molecule has 2 heterocycles. The molecule has 2 atom stereocenters. The predicted octanol–water partition coefficient (Wildman–Crippen LogP) is 3.17. The fraction of sp³-hybridized carbons (Fsp3) is 0.550. The molecule has 152 valence electrons.